The number of hydrogen-bond donors (Lipinski definition) is 1. The Hall–Kier alpha value is -0.560. The highest BCUT2D eigenvalue weighted by Gasteiger charge is 2.55. The minimum atomic E-state index is -0.0976. The van der Waals surface area contributed by atoms with Gasteiger partial charge in [0.1, 0.15) is 0 Å². The number of fused-ring (bicyclic) bond motifs is 5. The zero-order chi connectivity index (χ0) is 14.8. The molecule has 116 valence electrons. The van der Waals surface area contributed by atoms with E-state index in [4.69, 9.17) is 0 Å². The van der Waals surface area contributed by atoms with Gasteiger partial charge in [-0.2, -0.15) is 0 Å². The fourth-order valence-electron chi connectivity index (χ4n) is 6.24. The van der Waals surface area contributed by atoms with Crippen LogP contribution in [0.1, 0.15) is 65.7 Å². The van der Waals surface area contributed by atoms with Crippen molar-refractivity contribution in [2.75, 3.05) is 0 Å². The van der Waals surface area contributed by atoms with Crippen LogP contribution >= 0.6 is 0 Å². The molecule has 0 spiro atoms. The second-order valence-corrected chi connectivity index (χ2v) is 8.80. The van der Waals surface area contributed by atoms with Crippen LogP contribution in [0.2, 0.25) is 0 Å². The van der Waals surface area contributed by atoms with Gasteiger partial charge in [0.05, 0.1) is 6.10 Å². The molecule has 0 amide bonds. The third kappa shape index (κ3) is 1.79. The van der Waals surface area contributed by atoms with Crippen LogP contribution in [0.4, 0.5) is 0 Å². The van der Waals surface area contributed by atoms with Crippen molar-refractivity contribution in [1.82, 2.24) is 0 Å². The lowest BCUT2D eigenvalue weighted by Crippen LogP contribution is -2.45. The predicted octanol–water partition coefficient (Wildman–Crippen LogP) is 4.87. The molecule has 0 saturated heterocycles. The lowest BCUT2D eigenvalue weighted by atomic mass is 9.50. The Morgan fingerprint density at radius 3 is 2.62 bits per heavy atom. The number of aliphatic hydroxyl groups is 1. The fraction of sp³-hybridized carbons (Fsp3) is 0.800. The van der Waals surface area contributed by atoms with Gasteiger partial charge in [-0.1, -0.05) is 44.1 Å². The summed E-state index contributed by atoms with van der Waals surface area (Å²) in [5.41, 5.74) is 4.20. The van der Waals surface area contributed by atoms with Gasteiger partial charge in [-0.15, -0.1) is 0 Å². The Morgan fingerprint density at radius 2 is 1.81 bits per heavy atom. The Balaban J connectivity index is 1.74. The van der Waals surface area contributed by atoms with Crippen molar-refractivity contribution in [2.24, 2.45) is 28.6 Å². The highest BCUT2D eigenvalue weighted by Crippen LogP contribution is 2.64. The molecule has 0 aliphatic heterocycles. The molecule has 0 aromatic carbocycles. The fourth-order valence-corrected chi connectivity index (χ4v) is 6.24. The summed E-state index contributed by atoms with van der Waals surface area (Å²) in [6, 6.07) is 0. The minimum Gasteiger partial charge on any atom is -0.393 e. The summed E-state index contributed by atoms with van der Waals surface area (Å²) >= 11 is 0. The SMILES string of the molecule is C[C@H]1CCC2C3=CC=C4C[C@@H](O)CC[C@@]4(C)C3CC[C@@]21C. The normalized spacial score (nSPS) is 52.4. The molecule has 1 nitrogen and oxygen atoms in total. The summed E-state index contributed by atoms with van der Waals surface area (Å²) in [6.45, 7) is 7.52. The molecule has 4 aliphatic carbocycles. The average Bonchev–Trinajstić information content (AvgIpc) is 2.76. The highest BCUT2D eigenvalue weighted by molar-refractivity contribution is 5.38. The Kier molecular flexibility index (Phi) is 2.99. The van der Waals surface area contributed by atoms with Crippen molar-refractivity contribution < 1.29 is 5.11 Å². The average molecular weight is 286 g/mol. The smallest absolute Gasteiger partial charge is 0.0578 e. The molecule has 3 fully saturated rings. The van der Waals surface area contributed by atoms with Crippen LogP contribution < -0.4 is 0 Å². The summed E-state index contributed by atoms with van der Waals surface area (Å²) in [5.74, 6) is 2.47. The van der Waals surface area contributed by atoms with Gasteiger partial charge in [0.2, 0.25) is 0 Å². The number of hydrogen-bond acceptors (Lipinski definition) is 1. The van der Waals surface area contributed by atoms with Gasteiger partial charge < -0.3 is 5.11 Å². The molecule has 4 rings (SSSR count). The molecule has 0 aromatic rings. The second-order valence-electron chi connectivity index (χ2n) is 8.80. The molecule has 4 aliphatic rings. The van der Waals surface area contributed by atoms with E-state index in [1.807, 2.05) is 0 Å². The van der Waals surface area contributed by atoms with E-state index in [0.717, 1.165) is 30.6 Å². The van der Waals surface area contributed by atoms with Gasteiger partial charge in [0.15, 0.2) is 0 Å². The Labute approximate surface area is 129 Å². The minimum absolute atomic E-state index is 0.0976. The Bertz CT molecular complexity index is 516. The van der Waals surface area contributed by atoms with E-state index in [1.54, 1.807) is 5.57 Å². The van der Waals surface area contributed by atoms with Crippen molar-refractivity contribution >= 4 is 0 Å². The molecule has 0 bridgehead atoms. The van der Waals surface area contributed by atoms with E-state index < -0.39 is 0 Å². The van der Waals surface area contributed by atoms with E-state index in [-0.39, 0.29) is 6.10 Å². The molecular formula is C20H30O. The van der Waals surface area contributed by atoms with Crippen molar-refractivity contribution in [3.63, 3.8) is 0 Å². The monoisotopic (exact) mass is 286 g/mol. The van der Waals surface area contributed by atoms with Crippen molar-refractivity contribution in [3.05, 3.63) is 23.3 Å². The van der Waals surface area contributed by atoms with Crippen LogP contribution in [0.5, 0.6) is 0 Å². The summed E-state index contributed by atoms with van der Waals surface area (Å²) < 4.78 is 0. The molecule has 6 atom stereocenters. The van der Waals surface area contributed by atoms with Crippen LogP contribution in [0.3, 0.4) is 0 Å². The summed E-state index contributed by atoms with van der Waals surface area (Å²) in [6.07, 6.45) is 13.5. The number of allylic oxidation sites excluding steroid dienone is 3. The van der Waals surface area contributed by atoms with Crippen LogP contribution in [0, 0.1) is 28.6 Å². The van der Waals surface area contributed by atoms with Crippen molar-refractivity contribution in [2.45, 2.75) is 71.8 Å². The standard InChI is InChI=1S/C20H30O/c1-13-4-7-17-16-6-5-14-12-15(21)8-10-20(14,3)18(16)9-11-19(13,17)2/h5-6,13,15,17-18,21H,4,7-12H2,1-3H3/t13-,15-,17?,18?,19+,20+/m0/s1. The maximum atomic E-state index is 10.0. The lowest BCUT2D eigenvalue weighted by molar-refractivity contribution is 0.0476. The third-order valence-corrected chi connectivity index (χ3v) is 8.02. The Morgan fingerprint density at radius 1 is 1.00 bits per heavy atom. The van der Waals surface area contributed by atoms with Gasteiger partial charge in [0.25, 0.3) is 0 Å². The molecule has 1 N–H and O–H groups in total. The first-order valence-corrected chi connectivity index (χ1v) is 9.04. The zero-order valence-electron chi connectivity index (χ0n) is 13.9. The van der Waals surface area contributed by atoms with Gasteiger partial charge in [-0.05, 0) is 73.5 Å². The molecule has 0 heterocycles. The molecular weight excluding hydrogens is 256 g/mol. The van der Waals surface area contributed by atoms with Gasteiger partial charge >= 0.3 is 0 Å². The molecule has 3 saturated carbocycles. The van der Waals surface area contributed by atoms with Gasteiger partial charge in [-0.3, -0.25) is 0 Å². The van der Waals surface area contributed by atoms with E-state index in [0.29, 0.717) is 10.8 Å². The molecule has 1 heteroatoms. The molecule has 0 radical (unpaired) electrons. The predicted molar refractivity (Wildman–Crippen MR) is 86.8 cm³/mol. The van der Waals surface area contributed by atoms with Crippen LogP contribution in [-0.4, -0.2) is 11.2 Å². The summed E-state index contributed by atoms with van der Waals surface area (Å²) in [5, 5.41) is 10.0. The van der Waals surface area contributed by atoms with E-state index in [2.05, 4.69) is 32.9 Å². The van der Waals surface area contributed by atoms with Gasteiger partial charge in [-0.25, -0.2) is 0 Å². The van der Waals surface area contributed by atoms with Crippen molar-refractivity contribution in [3.8, 4) is 0 Å². The highest BCUT2D eigenvalue weighted by atomic mass is 16.3. The number of rotatable bonds is 0. The van der Waals surface area contributed by atoms with E-state index >= 15 is 0 Å². The topological polar surface area (TPSA) is 20.2 Å². The number of aliphatic hydroxyl groups excluding tert-OH is 1. The molecule has 0 aromatic heterocycles. The maximum Gasteiger partial charge on any atom is 0.0578 e. The first kappa shape index (κ1) is 14.1. The second kappa shape index (κ2) is 4.47. The maximum absolute atomic E-state index is 10.0. The van der Waals surface area contributed by atoms with E-state index in [9.17, 15) is 5.11 Å². The molecule has 21 heavy (non-hydrogen) atoms. The first-order valence-electron chi connectivity index (χ1n) is 9.04. The third-order valence-electron chi connectivity index (χ3n) is 8.02. The van der Waals surface area contributed by atoms with Crippen LogP contribution in [0.25, 0.3) is 0 Å². The summed E-state index contributed by atoms with van der Waals surface area (Å²) in [7, 11) is 0. The summed E-state index contributed by atoms with van der Waals surface area (Å²) in [4.78, 5) is 0. The lowest BCUT2D eigenvalue weighted by Gasteiger charge is -2.54. The van der Waals surface area contributed by atoms with Gasteiger partial charge in [0, 0.05) is 0 Å². The van der Waals surface area contributed by atoms with E-state index in [1.165, 1.54) is 37.7 Å². The first-order chi connectivity index (χ1) is 9.95. The van der Waals surface area contributed by atoms with Crippen LogP contribution in [0.15, 0.2) is 23.3 Å². The van der Waals surface area contributed by atoms with Crippen LogP contribution in [-0.2, 0) is 0 Å². The zero-order valence-corrected chi connectivity index (χ0v) is 13.9. The quantitative estimate of drug-likeness (QED) is 0.674. The largest absolute Gasteiger partial charge is 0.393 e. The molecule has 2 unspecified atom stereocenters. The van der Waals surface area contributed by atoms with Crippen molar-refractivity contribution in [1.29, 1.82) is 0 Å².